The predicted molar refractivity (Wildman–Crippen MR) is 132 cm³/mol. The van der Waals surface area contributed by atoms with Crippen molar-refractivity contribution in [1.29, 1.82) is 0 Å². The third-order valence-corrected chi connectivity index (χ3v) is 5.41. The Bertz CT molecular complexity index is 1250. The van der Waals surface area contributed by atoms with Gasteiger partial charge in [-0.2, -0.15) is 10.2 Å². The van der Waals surface area contributed by atoms with Gasteiger partial charge in [0.1, 0.15) is 23.0 Å². The maximum atomic E-state index is 6.04. The second-order valence-electron chi connectivity index (χ2n) is 7.93. The summed E-state index contributed by atoms with van der Waals surface area (Å²) in [5, 5.41) is 10.7. The molecule has 4 aromatic carbocycles. The van der Waals surface area contributed by atoms with Crippen molar-refractivity contribution in [2.75, 3.05) is 26.4 Å². The largest absolute Gasteiger partial charge is 0.493 e. The van der Waals surface area contributed by atoms with Crippen LogP contribution in [-0.4, -0.2) is 26.4 Å². The van der Waals surface area contributed by atoms with E-state index in [1.54, 1.807) is 0 Å². The monoisotopic (exact) mass is 454 g/mol. The first-order valence-corrected chi connectivity index (χ1v) is 11.5. The molecular formula is C28H26N2O4. The van der Waals surface area contributed by atoms with Gasteiger partial charge in [-0.3, -0.25) is 0 Å². The first-order valence-electron chi connectivity index (χ1n) is 11.5. The van der Waals surface area contributed by atoms with Crippen LogP contribution in [-0.2, 0) is 0 Å². The van der Waals surface area contributed by atoms with Crippen molar-refractivity contribution >= 4 is 22.1 Å². The van der Waals surface area contributed by atoms with E-state index in [-0.39, 0.29) is 0 Å². The van der Waals surface area contributed by atoms with Crippen molar-refractivity contribution in [2.45, 2.75) is 12.8 Å². The van der Waals surface area contributed by atoms with Crippen LogP contribution in [0.15, 0.2) is 95.2 Å². The minimum absolute atomic E-state index is 0.567. The van der Waals surface area contributed by atoms with E-state index in [4.69, 9.17) is 18.9 Å². The molecule has 4 aliphatic rings. The van der Waals surface area contributed by atoms with Crippen LogP contribution in [0.4, 0.5) is 11.4 Å². The zero-order valence-electron chi connectivity index (χ0n) is 18.9. The van der Waals surface area contributed by atoms with E-state index in [1.165, 1.54) is 0 Å². The number of fused-ring (bicyclic) bond motifs is 2. The maximum Gasteiger partial charge on any atom is 0.127 e. The molecule has 8 bridgehead atoms. The maximum absolute atomic E-state index is 6.04. The molecule has 0 saturated carbocycles. The van der Waals surface area contributed by atoms with Gasteiger partial charge in [0.2, 0.25) is 0 Å². The van der Waals surface area contributed by atoms with Crippen LogP contribution in [0.5, 0.6) is 23.0 Å². The topological polar surface area (TPSA) is 61.6 Å². The Morgan fingerprint density at radius 2 is 1.03 bits per heavy atom. The average molecular weight is 455 g/mol. The van der Waals surface area contributed by atoms with E-state index >= 15 is 0 Å². The van der Waals surface area contributed by atoms with Gasteiger partial charge in [-0.1, -0.05) is 12.1 Å². The van der Waals surface area contributed by atoms with Gasteiger partial charge >= 0.3 is 0 Å². The molecule has 0 N–H and O–H groups in total. The van der Waals surface area contributed by atoms with Crippen molar-refractivity contribution in [3.8, 4) is 23.0 Å². The molecule has 6 heteroatoms. The van der Waals surface area contributed by atoms with E-state index in [0.29, 0.717) is 26.4 Å². The summed E-state index contributed by atoms with van der Waals surface area (Å²) in [6, 6.07) is 27.3. The highest BCUT2D eigenvalue weighted by atomic mass is 16.5. The van der Waals surface area contributed by atoms with Gasteiger partial charge < -0.3 is 18.9 Å². The molecular weight excluding hydrogens is 428 g/mol. The van der Waals surface area contributed by atoms with Crippen LogP contribution < -0.4 is 18.9 Å². The Morgan fingerprint density at radius 1 is 0.500 bits per heavy atom. The molecule has 34 heavy (non-hydrogen) atoms. The Hall–Kier alpha value is -4.06. The zero-order chi connectivity index (χ0) is 23.0. The molecule has 0 amide bonds. The van der Waals surface area contributed by atoms with E-state index in [9.17, 15) is 0 Å². The highest BCUT2D eigenvalue weighted by molar-refractivity contribution is 5.89. The number of azo groups is 1. The Labute approximate surface area is 198 Å². The molecule has 4 heterocycles. The lowest BCUT2D eigenvalue weighted by atomic mass is 10.1. The fourth-order valence-electron chi connectivity index (χ4n) is 3.65. The second-order valence-corrected chi connectivity index (χ2v) is 7.93. The Morgan fingerprint density at radius 3 is 1.65 bits per heavy atom. The van der Waals surface area contributed by atoms with E-state index in [0.717, 1.165) is 58.0 Å². The van der Waals surface area contributed by atoms with Gasteiger partial charge in [-0.25, -0.2) is 0 Å². The number of rotatable bonds is 0. The summed E-state index contributed by atoms with van der Waals surface area (Å²) in [6.45, 7) is 2.29. The summed E-state index contributed by atoms with van der Waals surface area (Å²) in [5.41, 5.74) is 1.53. The normalized spacial score (nSPS) is 14.6. The highest BCUT2D eigenvalue weighted by Crippen LogP contribution is 2.29. The Kier molecular flexibility index (Phi) is 6.85. The zero-order valence-corrected chi connectivity index (χ0v) is 18.9. The third kappa shape index (κ3) is 5.64. The molecule has 4 aliphatic heterocycles. The summed E-state index contributed by atoms with van der Waals surface area (Å²) in [7, 11) is 0. The molecule has 6 nitrogen and oxygen atoms in total. The van der Waals surface area contributed by atoms with Crippen molar-refractivity contribution in [1.82, 2.24) is 0 Å². The minimum atomic E-state index is 0.567. The van der Waals surface area contributed by atoms with Crippen molar-refractivity contribution in [3.63, 3.8) is 0 Å². The lowest BCUT2D eigenvalue weighted by Gasteiger charge is -2.12. The average Bonchev–Trinajstić information content (AvgIpc) is 2.88. The predicted octanol–water partition coefficient (Wildman–Crippen LogP) is 7.26. The van der Waals surface area contributed by atoms with Gasteiger partial charge in [0, 0.05) is 18.2 Å². The van der Waals surface area contributed by atoms with Gasteiger partial charge in [0.25, 0.3) is 0 Å². The summed E-state index contributed by atoms with van der Waals surface area (Å²) < 4.78 is 23.6. The standard InChI is InChI=1S/C28H26N2O4/c1-4-21-20-26-14-15-27(21)28(5-1)34-19-3-17-32-25-12-8-23(9-13-25)30-29-22-6-10-24(11-7-22)31-16-2-18-33-26/h1,4-15,20H,2-3,16-19H2. The van der Waals surface area contributed by atoms with Crippen LogP contribution in [0.3, 0.4) is 0 Å². The smallest absolute Gasteiger partial charge is 0.127 e. The number of benzene rings is 4. The van der Waals surface area contributed by atoms with Gasteiger partial charge in [-0.05, 0) is 78.2 Å². The number of ether oxygens (including phenoxy) is 4. The van der Waals surface area contributed by atoms with Crippen LogP contribution in [0.2, 0.25) is 0 Å². The molecule has 172 valence electrons. The highest BCUT2D eigenvalue weighted by Gasteiger charge is 2.05. The van der Waals surface area contributed by atoms with Gasteiger partial charge in [0.15, 0.2) is 0 Å². The lowest BCUT2D eigenvalue weighted by molar-refractivity contribution is 0.247. The number of hydrogen-bond donors (Lipinski definition) is 0. The van der Waals surface area contributed by atoms with Crippen molar-refractivity contribution in [2.24, 2.45) is 10.2 Å². The quantitative estimate of drug-likeness (QED) is 0.280. The molecule has 0 saturated heterocycles. The fraction of sp³-hybridized carbons (Fsp3) is 0.214. The summed E-state index contributed by atoms with van der Waals surface area (Å²) >= 11 is 0. The molecule has 4 aromatic rings. The molecule has 8 rings (SSSR count). The van der Waals surface area contributed by atoms with E-state index in [1.807, 2.05) is 78.9 Å². The van der Waals surface area contributed by atoms with E-state index < -0.39 is 0 Å². The summed E-state index contributed by atoms with van der Waals surface area (Å²) in [6.07, 6.45) is 1.55. The molecule has 0 atom stereocenters. The molecule has 0 aromatic heterocycles. The first kappa shape index (κ1) is 21.8. The van der Waals surface area contributed by atoms with Crippen LogP contribution >= 0.6 is 0 Å². The van der Waals surface area contributed by atoms with Crippen LogP contribution in [0.1, 0.15) is 12.8 Å². The second kappa shape index (κ2) is 10.7. The van der Waals surface area contributed by atoms with Crippen molar-refractivity contribution in [3.05, 3.63) is 84.9 Å². The first-order chi connectivity index (χ1) is 16.8. The molecule has 0 spiro atoms. The molecule has 0 fully saturated rings. The molecule has 0 unspecified atom stereocenters. The molecule has 0 radical (unpaired) electrons. The summed E-state index contributed by atoms with van der Waals surface area (Å²) in [4.78, 5) is 0. The summed E-state index contributed by atoms with van der Waals surface area (Å²) in [5.74, 6) is 3.29. The third-order valence-electron chi connectivity index (χ3n) is 5.41. The fourth-order valence-corrected chi connectivity index (χ4v) is 3.65. The number of hydrogen-bond acceptors (Lipinski definition) is 6. The minimum Gasteiger partial charge on any atom is -0.493 e. The van der Waals surface area contributed by atoms with Crippen LogP contribution in [0, 0.1) is 0 Å². The molecule has 0 aliphatic carbocycles. The van der Waals surface area contributed by atoms with Gasteiger partial charge in [-0.15, -0.1) is 0 Å². The Balaban J connectivity index is 1.31. The lowest BCUT2D eigenvalue weighted by Crippen LogP contribution is -2.05. The SMILES string of the molecule is c1cc2c3ccc(cc3c1)OCCCOc1ccc(cc1)N=Nc1ccc(cc1)OCCCO2. The number of nitrogens with zero attached hydrogens (tertiary/aromatic N) is 2. The van der Waals surface area contributed by atoms with Gasteiger partial charge in [0.05, 0.1) is 37.8 Å². The van der Waals surface area contributed by atoms with Crippen molar-refractivity contribution < 1.29 is 18.9 Å². The van der Waals surface area contributed by atoms with E-state index in [2.05, 4.69) is 16.3 Å². The van der Waals surface area contributed by atoms with Crippen LogP contribution in [0.25, 0.3) is 10.8 Å².